The summed E-state index contributed by atoms with van der Waals surface area (Å²) in [6, 6.07) is 13.5. The zero-order valence-electron chi connectivity index (χ0n) is 11.9. The molecule has 0 saturated carbocycles. The van der Waals surface area contributed by atoms with Gasteiger partial charge in [-0.2, -0.15) is 0 Å². The summed E-state index contributed by atoms with van der Waals surface area (Å²) in [5.41, 5.74) is 0.780. The fourth-order valence-corrected chi connectivity index (χ4v) is 1.98. The summed E-state index contributed by atoms with van der Waals surface area (Å²) in [7, 11) is 0. The van der Waals surface area contributed by atoms with Gasteiger partial charge in [0, 0.05) is 12.1 Å². The second kappa shape index (κ2) is 7.17. The number of nitrogens with zero attached hydrogens (tertiary/aromatic N) is 1. The molecule has 0 aliphatic rings. The maximum Gasteiger partial charge on any atom is 0.325 e. The minimum absolute atomic E-state index is 0.0761. The lowest BCUT2D eigenvalue weighted by Gasteiger charge is -2.12. The average Bonchev–Trinajstić information content (AvgIpc) is 2.54. The molecule has 0 fully saturated rings. The van der Waals surface area contributed by atoms with Crippen LogP contribution >= 0.6 is 0 Å². The van der Waals surface area contributed by atoms with Crippen LogP contribution < -0.4 is 0 Å². The molecule has 1 unspecified atom stereocenters. The molecule has 2 aromatic rings. The van der Waals surface area contributed by atoms with Crippen LogP contribution in [0.5, 0.6) is 0 Å². The molecule has 0 saturated heterocycles. The highest BCUT2D eigenvalue weighted by molar-refractivity contribution is 5.99. The molecule has 0 heterocycles. The Labute approximate surface area is 131 Å². The highest BCUT2D eigenvalue weighted by Gasteiger charge is 2.29. The molecule has 7 heteroatoms. The molecule has 0 amide bonds. The predicted molar refractivity (Wildman–Crippen MR) is 79.7 cm³/mol. The van der Waals surface area contributed by atoms with Crippen molar-refractivity contribution in [2.24, 2.45) is 0 Å². The fourth-order valence-electron chi connectivity index (χ4n) is 1.98. The van der Waals surface area contributed by atoms with Crippen molar-refractivity contribution in [1.29, 1.82) is 0 Å². The van der Waals surface area contributed by atoms with Crippen molar-refractivity contribution in [3.05, 3.63) is 75.8 Å². The number of esters is 1. The number of ether oxygens (including phenoxy) is 1. The summed E-state index contributed by atoms with van der Waals surface area (Å²) in [6.07, 6.45) is 0. The second-order valence-corrected chi connectivity index (χ2v) is 4.71. The predicted octanol–water partition coefficient (Wildman–Crippen LogP) is 2.51. The lowest BCUT2D eigenvalue weighted by atomic mass is 10.00. The normalized spacial score (nSPS) is 11.5. The van der Waals surface area contributed by atoms with Gasteiger partial charge in [0.15, 0.2) is 5.92 Å². The van der Waals surface area contributed by atoms with E-state index in [9.17, 15) is 24.8 Å². The number of benzene rings is 2. The molecule has 118 valence electrons. The highest BCUT2D eigenvalue weighted by atomic mass is 16.6. The van der Waals surface area contributed by atoms with Gasteiger partial charge in [-0.25, -0.2) is 0 Å². The molecule has 2 aromatic carbocycles. The average molecular weight is 315 g/mol. The van der Waals surface area contributed by atoms with E-state index in [4.69, 9.17) is 4.74 Å². The third kappa shape index (κ3) is 4.13. The minimum Gasteiger partial charge on any atom is -0.480 e. The van der Waals surface area contributed by atoms with Gasteiger partial charge in [0.25, 0.3) is 5.69 Å². The van der Waals surface area contributed by atoms with Gasteiger partial charge in [-0.3, -0.25) is 19.7 Å². The van der Waals surface area contributed by atoms with Gasteiger partial charge < -0.3 is 9.84 Å². The Bertz CT molecular complexity index is 711. The standard InChI is InChI=1S/C16H13NO6/c18-15(19)14(12-4-2-1-3-5-12)16(20)23-10-11-6-8-13(9-7-11)17(21)22/h1-9,14H,10H2,(H,18,19). The SMILES string of the molecule is O=C(O)C(C(=O)OCc1ccc([N+](=O)[O-])cc1)c1ccccc1. The van der Waals surface area contributed by atoms with Crippen molar-refractivity contribution in [1.82, 2.24) is 0 Å². The van der Waals surface area contributed by atoms with Crippen LogP contribution in [0.15, 0.2) is 54.6 Å². The molecule has 7 nitrogen and oxygen atoms in total. The van der Waals surface area contributed by atoms with Gasteiger partial charge in [-0.15, -0.1) is 0 Å². The van der Waals surface area contributed by atoms with Crippen LogP contribution in [0.4, 0.5) is 5.69 Å². The summed E-state index contributed by atoms with van der Waals surface area (Å²) < 4.78 is 5.02. The van der Waals surface area contributed by atoms with E-state index < -0.39 is 22.8 Å². The third-order valence-corrected chi connectivity index (χ3v) is 3.14. The number of carboxylic acid groups (broad SMARTS) is 1. The van der Waals surface area contributed by atoms with Crippen molar-refractivity contribution in [3.63, 3.8) is 0 Å². The lowest BCUT2D eigenvalue weighted by molar-refractivity contribution is -0.384. The van der Waals surface area contributed by atoms with E-state index in [1.165, 1.54) is 36.4 Å². The zero-order chi connectivity index (χ0) is 16.8. The summed E-state index contributed by atoms with van der Waals surface area (Å²) in [5, 5.41) is 19.8. The molecule has 0 aromatic heterocycles. The first-order valence-corrected chi connectivity index (χ1v) is 6.67. The van der Waals surface area contributed by atoms with Gasteiger partial charge in [0.2, 0.25) is 0 Å². The number of rotatable bonds is 6. The lowest BCUT2D eigenvalue weighted by Crippen LogP contribution is -2.23. The second-order valence-electron chi connectivity index (χ2n) is 4.71. The van der Waals surface area contributed by atoms with E-state index in [-0.39, 0.29) is 12.3 Å². The number of aliphatic carboxylic acids is 1. The Hall–Kier alpha value is -3.22. The number of carboxylic acids is 1. The molecule has 1 N–H and O–H groups in total. The summed E-state index contributed by atoms with van der Waals surface area (Å²) in [5.74, 6) is -3.60. The topological polar surface area (TPSA) is 107 Å². The van der Waals surface area contributed by atoms with Gasteiger partial charge >= 0.3 is 11.9 Å². The van der Waals surface area contributed by atoms with Crippen molar-refractivity contribution in [2.75, 3.05) is 0 Å². The Morgan fingerprint density at radius 3 is 2.22 bits per heavy atom. The summed E-state index contributed by atoms with van der Waals surface area (Å²) >= 11 is 0. The van der Waals surface area contributed by atoms with E-state index in [1.807, 2.05) is 0 Å². The molecule has 0 spiro atoms. The number of hydrogen-bond donors (Lipinski definition) is 1. The van der Waals surface area contributed by atoms with E-state index in [0.29, 0.717) is 11.1 Å². The summed E-state index contributed by atoms with van der Waals surface area (Å²) in [6.45, 7) is -0.159. The number of hydrogen-bond acceptors (Lipinski definition) is 5. The van der Waals surface area contributed by atoms with Crippen LogP contribution in [0.3, 0.4) is 0 Å². The molecule has 0 radical (unpaired) electrons. The molecular weight excluding hydrogens is 302 g/mol. The van der Waals surface area contributed by atoms with Crippen molar-refractivity contribution in [3.8, 4) is 0 Å². The Kier molecular flexibility index (Phi) is 5.03. The van der Waals surface area contributed by atoms with Crippen molar-refractivity contribution in [2.45, 2.75) is 12.5 Å². The first-order chi connectivity index (χ1) is 11.0. The monoisotopic (exact) mass is 315 g/mol. The number of carbonyl (C=O) groups is 2. The minimum atomic E-state index is -1.41. The van der Waals surface area contributed by atoms with Crippen LogP contribution in [-0.2, 0) is 20.9 Å². The van der Waals surface area contributed by atoms with Crippen molar-refractivity contribution < 1.29 is 24.4 Å². The number of nitro benzene ring substituents is 1. The maximum absolute atomic E-state index is 12.0. The van der Waals surface area contributed by atoms with Crippen LogP contribution in [0.1, 0.15) is 17.0 Å². The van der Waals surface area contributed by atoms with Crippen molar-refractivity contribution >= 4 is 17.6 Å². The molecule has 2 rings (SSSR count). The Morgan fingerprint density at radius 2 is 1.70 bits per heavy atom. The molecule has 1 atom stereocenters. The number of carbonyl (C=O) groups excluding carboxylic acids is 1. The van der Waals surface area contributed by atoms with Gasteiger partial charge in [0.05, 0.1) is 4.92 Å². The molecule has 0 bridgehead atoms. The van der Waals surface area contributed by atoms with Gasteiger partial charge in [-0.1, -0.05) is 30.3 Å². The van der Waals surface area contributed by atoms with Gasteiger partial charge in [0.1, 0.15) is 6.61 Å². The fraction of sp³-hybridized carbons (Fsp3) is 0.125. The summed E-state index contributed by atoms with van der Waals surface area (Å²) in [4.78, 5) is 33.3. The molecular formula is C16H13NO6. The highest BCUT2D eigenvalue weighted by Crippen LogP contribution is 2.19. The van der Waals surface area contributed by atoms with Gasteiger partial charge in [-0.05, 0) is 23.3 Å². The molecule has 0 aliphatic heterocycles. The third-order valence-electron chi connectivity index (χ3n) is 3.14. The largest absolute Gasteiger partial charge is 0.480 e. The quantitative estimate of drug-likeness (QED) is 0.380. The van der Waals surface area contributed by atoms with E-state index in [2.05, 4.69) is 0 Å². The number of non-ortho nitro benzene ring substituents is 1. The first kappa shape index (κ1) is 16.2. The van der Waals surface area contributed by atoms with Crippen LogP contribution in [-0.4, -0.2) is 22.0 Å². The van der Waals surface area contributed by atoms with Crippen LogP contribution in [0.2, 0.25) is 0 Å². The van der Waals surface area contributed by atoms with E-state index in [1.54, 1.807) is 18.2 Å². The van der Waals surface area contributed by atoms with E-state index >= 15 is 0 Å². The molecule has 23 heavy (non-hydrogen) atoms. The Balaban J connectivity index is 2.05. The smallest absolute Gasteiger partial charge is 0.325 e. The van der Waals surface area contributed by atoms with Crippen LogP contribution in [0, 0.1) is 10.1 Å². The first-order valence-electron chi connectivity index (χ1n) is 6.67. The maximum atomic E-state index is 12.0. The zero-order valence-corrected chi connectivity index (χ0v) is 11.9. The number of nitro groups is 1. The Morgan fingerprint density at radius 1 is 1.09 bits per heavy atom. The van der Waals surface area contributed by atoms with Crippen LogP contribution in [0.25, 0.3) is 0 Å². The molecule has 0 aliphatic carbocycles. The van der Waals surface area contributed by atoms with E-state index in [0.717, 1.165) is 0 Å².